The normalized spacial score (nSPS) is 22.1. The Labute approximate surface area is 124 Å². The maximum absolute atomic E-state index is 12.2. The van der Waals surface area contributed by atoms with Crippen molar-refractivity contribution in [1.82, 2.24) is 4.90 Å². The van der Waals surface area contributed by atoms with Crippen molar-refractivity contribution in [1.29, 1.82) is 0 Å². The Hall–Kier alpha value is -1.26. The van der Waals surface area contributed by atoms with Crippen LogP contribution in [0.5, 0.6) is 5.75 Å². The zero-order chi connectivity index (χ0) is 14.7. The highest BCUT2D eigenvalue weighted by atomic mass is 35.5. The van der Waals surface area contributed by atoms with E-state index in [1.807, 2.05) is 24.0 Å². The fraction of sp³-hybridized carbons (Fsp3) is 0.533. The van der Waals surface area contributed by atoms with E-state index in [1.54, 1.807) is 6.07 Å². The molecule has 1 saturated heterocycles. The molecule has 0 aliphatic carbocycles. The van der Waals surface area contributed by atoms with Crippen molar-refractivity contribution >= 4 is 17.5 Å². The average molecular weight is 297 g/mol. The van der Waals surface area contributed by atoms with Crippen molar-refractivity contribution in [3.05, 3.63) is 28.8 Å². The van der Waals surface area contributed by atoms with Crippen LogP contribution in [0.3, 0.4) is 0 Å². The van der Waals surface area contributed by atoms with E-state index in [4.69, 9.17) is 22.1 Å². The quantitative estimate of drug-likeness (QED) is 0.927. The van der Waals surface area contributed by atoms with E-state index in [1.165, 1.54) is 0 Å². The second-order valence-corrected chi connectivity index (χ2v) is 5.79. The molecule has 0 radical (unpaired) electrons. The molecule has 0 spiro atoms. The first kappa shape index (κ1) is 15.1. The summed E-state index contributed by atoms with van der Waals surface area (Å²) in [7, 11) is 0. The molecule has 0 saturated carbocycles. The molecule has 1 heterocycles. The van der Waals surface area contributed by atoms with E-state index in [2.05, 4.69) is 6.92 Å². The van der Waals surface area contributed by atoms with Gasteiger partial charge in [0, 0.05) is 23.2 Å². The highest BCUT2D eigenvalue weighted by Crippen LogP contribution is 2.26. The Kier molecular flexibility index (Phi) is 4.89. The molecule has 1 amide bonds. The number of benzene rings is 1. The van der Waals surface area contributed by atoms with E-state index in [0.29, 0.717) is 23.2 Å². The van der Waals surface area contributed by atoms with Gasteiger partial charge in [0.25, 0.3) is 5.91 Å². The van der Waals surface area contributed by atoms with E-state index >= 15 is 0 Å². The third kappa shape index (κ3) is 3.25. The van der Waals surface area contributed by atoms with Crippen LogP contribution in [-0.4, -0.2) is 36.5 Å². The second kappa shape index (κ2) is 6.46. The molecule has 20 heavy (non-hydrogen) atoms. The number of hydrogen-bond acceptors (Lipinski definition) is 3. The van der Waals surface area contributed by atoms with Gasteiger partial charge in [-0.25, -0.2) is 0 Å². The lowest BCUT2D eigenvalue weighted by Crippen LogP contribution is -2.37. The Bertz CT molecular complexity index is 493. The number of hydrogen-bond donors (Lipinski definition) is 1. The van der Waals surface area contributed by atoms with Crippen LogP contribution in [0, 0.1) is 12.8 Å². The molecule has 1 aromatic carbocycles. The molecule has 1 aromatic rings. The summed E-state index contributed by atoms with van der Waals surface area (Å²) in [5.74, 6) is 1.07. The molecule has 110 valence electrons. The van der Waals surface area contributed by atoms with Crippen LogP contribution in [0.1, 0.15) is 18.9 Å². The minimum absolute atomic E-state index is 0.00725. The summed E-state index contributed by atoms with van der Waals surface area (Å²) in [4.78, 5) is 14.1. The number of ether oxygens (including phenoxy) is 1. The molecule has 2 N–H and O–H groups in total. The van der Waals surface area contributed by atoms with Crippen molar-refractivity contribution in [2.75, 3.05) is 19.7 Å². The lowest BCUT2D eigenvalue weighted by atomic mass is 10.1. The molecular weight excluding hydrogens is 276 g/mol. The smallest absolute Gasteiger partial charge is 0.260 e. The van der Waals surface area contributed by atoms with Gasteiger partial charge in [-0.2, -0.15) is 0 Å². The van der Waals surface area contributed by atoms with Crippen molar-refractivity contribution in [3.8, 4) is 5.75 Å². The first-order chi connectivity index (χ1) is 9.52. The van der Waals surface area contributed by atoms with Crippen LogP contribution in [0.2, 0.25) is 5.02 Å². The lowest BCUT2D eigenvalue weighted by Gasteiger charge is -2.22. The highest BCUT2D eigenvalue weighted by Gasteiger charge is 2.31. The van der Waals surface area contributed by atoms with Crippen molar-refractivity contribution in [2.24, 2.45) is 11.7 Å². The van der Waals surface area contributed by atoms with Crippen LogP contribution in [0.25, 0.3) is 0 Å². The molecular formula is C15H21ClN2O2. The zero-order valence-corrected chi connectivity index (χ0v) is 12.7. The third-order valence-electron chi connectivity index (χ3n) is 3.88. The number of nitrogens with zero attached hydrogens (tertiary/aromatic N) is 1. The van der Waals surface area contributed by atoms with E-state index in [0.717, 1.165) is 18.5 Å². The van der Waals surface area contributed by atoms with Gasteiger partial charge in [-0.3, -0.25) is 4.79 Å². The molecule has 2 rings (SSSR count). The van der Waals surface area contributed by atoms with Gasteiger partial charge in [-0.05, 0) is 44.9 Å². The van der Waals surface area contributed by atoms with E-state index in [9.17, 15) is 4.79 Å². The van der Waals surface area contributed by atoms with Crippen molar-refractivity contribution in [3.63, 3.8) is 0 Å². The van der Waals surface area contributed by atoms with Gasteiger partial charge < -0.3 is 15.4 Å². The summed E-state index contributed by atoms with van der Waals surface area (Å²) in [6.45, 7) is 5.34. The molecule has 1 fully saturated rings. The molecule has 5 heteroatoms. The Morgan fingerprint density at radius 3 is 2.95 bits per heavy atom. The topological polar surface area (TPSA) is 55.6 Å². The molecule has 2 unspecified atom stereocenters. The summed E-state index contributed by atoms with van der Waals surface area (Å²) < 4.78 is 5.60. The van der Waals surface area contributed by atoms with Crippen LogP contribution < -0.4 is 10.5 Å². The number of carbonyl (C=O) groups is 1. The summed E-state index contributed by atoms with van der Waals surface area (Å²) in [6.07, 6.45) is 0.971. The maximum Gasteiger partial charge on any atom is 0.260 e. The van der Waals surface area contributed by atoms with Crippen LogP contribution in [-0.2, 0) is 4.79 Å². The first-order valence-corrected chi connectivity index (χ1v) is 7.28. The van der Waals surface area contributed by atoms with Crippen molar-refractivity contribution < 1.29 is 9.53 Å². The second-order valence-electron chi connectivity index (χ2n) is 5.38. The fourth-order valence-corrected chi connectivity index (χ4v) is 2.79. The third-order valence-corrected chi connectivity index (χ3v) is 4.29. The van der Waals surface area contributed by atoms with E-state index in [-0.39, 0.29) is 18.6 Å². The van der Waals surface area contributed by atoms with Gasteiger partial charge in [-0.15, -0.1) is 0 Å². The van der Waals surface area contributed by atoms with Crippen LogP contribution in [0.4, 0.5) is 0 Å². The number of rotatable bonds is 4. The summed E-state index contributed by atoms with van der Waals surface area (Å²) in [5, 5.41) is 0.646. The molecule has 0 bridgehead atoms. The van der Waals surface area contributed by atoms with Gasteiger partial charge >= 0.3 is 0 Å². The van der Waals surface area contributed by atoms with Gasteiger partial charge in [0.1, 0.15) is 5.75 Å². The average Bonchev–Trinajstić information content (AvgIpc) is 2.81. The van der Waals surface area contributed by atoms with Gasteiger partial charge in [0.2, 0.25) is 0 Å². The number of likely N-dealkylation sites (tertiary alicyclic amines) is 1. The maximum atomic E-state index is 12.2. The predicted octanol–water partition coefficient (Wildman–Crippen LogP) is 2.22. The number of nitrogens with two attached hydrogens (primary N) is 1. The van der Waals surface area contributed by atoms with Gasteiger partial charge in [-0.1, -0.05) is 17.7 Å². The van der Waals surface area contributed by atoms with Crippen LogP contribution >= 0.6 is 11.6 Å². The first-order valence-electron chi connectivity index (χ1n) is 6.90. The molecule has 1 aliphatic rings. The summed E-state index contributed by atoms with van der Waals surface area (Å²) in [5.41, 5.74) is 6.53. The predicted molar refractivity (Wildman–Crippen MR) is 80.0 cm³/mol. The number of halogens is 1. The van der Waals surface area contributed by atoms with Gasteiger partial charge in [0.15, 0.2) is 6.61 Å². The molecule has 4 nitrogen and oxygen atoms in total. The van der Waals surface area contributed by atoms with Crippen molar-refractivity contribution in [2.45, 2.75) is 26.3 Å². The summed E-state index contributed by atoms with van der Waals surface area (Å²) in [6, 6.07) is 5.68. The molecule has 1 aliphatic heterocycles. The Balaban J connectivity index is 1.94. The largest absolute Gasteiger partial charge is 0.483 e. The Morgan fingerprint density at radius 2 is 2.30 bits per heavy atom. The standard InChI is InChI=1S/C15H21ClN2O2/c1-10-6-12(7-17)8-18(10)15(19)9-20-14-5-3-4-13(16)11(14)2/h3-5,10,12H,6-9,17H2,1-2H3. The van der Waals surface area contributed by atoms with Gasteiger partial charge in [0.05, 0.1) is 0 Å². The van der Waals surface area contributed by atoms with Crippen LogP contribution in [0.15, 0.2) is 18.2 Å². The number of amides is 1. The minimum Gasteiger partial charge on any atom is -0.483 e. The van der Waals surface area contributed by atoms with E-state index < -0.39 is 0 Å². The fourth-order valence-electron chi connectivity index (χ4n) is 2.63. The highest BCUT2D eigenvalue weighted by molar-refractivity contribution is 6.31. The minimum atomic E-state index is 0.00725. The summed E-state index contributed by atoms with van der Waals surface area (Å²) >= 11 is 6.03. The molecule has 2 atom stereocenters. The lowest BCUT2D eigenvalue weighted by molar-refractivity contribution is -0.134. The molecule has 0 aromatic heterocycles. The Morgan fingerprint density at radius 1 is 1.55 bits per heavy atom. The SMILES string of the molecule is Cc1c(Cl)cccc1OCC(=O)N1CC(CN)CC1C. The number of carbonyl (C=O) groups excluding carboxylic acids is 1. The monoisotopic (exact) mass is 296 g/mol. The zero-order valence-electron chi connectivity index (χ0n) is 11.9.